The molecule has 0 bridgehead atoms. The van der Waals surface area contributed by atoms with Crippen molar-refractivity contribution in [3.05, 3.63) is 23.7 Å². The minimum Gasteiger partial charge on any atom is -0.480 e. The molecule has 0 radical (unpaired) electrons. The van der Waals surface area contributed by atoms with E-state index in [1.165, 1.54) is 11.8 Å². The number of aliphatic carboxylic acids is 1. The van der Waals surface area contributed by atoms with Gasteiger partial charge in [0.2, 0.25) is 0 Å². The van der Waals surface area contributed by atoms with Gasteiger partial charge in [-0.1, -0.05) is 11.8 Å². The van der Waals surface area contributed by atoms with Crippen LogP contribution >= 0.6 is 23.1 Å². The summed E-state index contributed by atoms with van der Waals surface area (Å²) in [5.74, 6) is -0.827. The maximum absolute atomic E-state index is 11.1. The Balaban J connectivity index is 2.41. The molecule has 3 nitrogen and oxygen atoms in total. The molecule has 0 unspecified atom stereocenters. The smallest absolute Gasteiger partial charge is 0.319 e. The summed E-state index contributed by atoms with van der Waals surface area (Å²) in [5, 5.41) is 12.9. The van der Waals surface area contributed by atoms with Gasteiger partial charge in [-0.3, -0.25) is 4.79 Å². The van der Waals surface area contributed by atoms with E-state index in [1.54, 1.807) is 31.4 Å². The fourth-order valence-electron chi connectivity index (χ4n) is 1.24. The molecular weight excluding hydrogens is 242 g/mol. The van der Waals surface area contributed by atoms with E-state index in [2.05, 4.69) is 4.98 Å². The van der Waals surface area contributed by atoms with E-state index in [0.717, 1.165) is 15.1 Å². The monoisotopic (exact) mass is 253 g/mol. The maximum Gasteiger partial charge on any atom is 0.319 e. The molecule has 16 heavy (non-hydrogen) atoms. The molecule has 0 saturated heterocycles. The van der Waals surface area contributed by atoms with Gasteiger partial charge in [-0.15, -0.1) is 11.3 Å². The molecule has 2 aromatic rings. The number of carbonyl (C=O) groups is 1. The van der Waals surface area contributed by atoms with Gasteiger partial charge in [0.1, 0.15) is 9.77 Å². The normalized spacial score (nSPS) is 11.9. The fraction of sp³-hybridized carbons (Fsp3) is 0.273. The number of hydrogen-bond acceptors (Lipinski definition) is 4. The first-order valence-electron chi connectivity index (χ1n) is 4.75. The number of carboxylic acids is 1. The van der Waals surface area contributed by atoms with Crippen molar-refractivity contribution in [2.75, 3.05) is 0 Å². The molecule has 0 aliphatic rings. The number of rotatable bonds is 3. The van der Waals surface area contributed by atoms with Gasteiger partial charge >= 0.3 is 5.97 Å². The first-order valence-corrected chi connectivity index (χ1v) is 6.45. The van der Waals surface area contributed by atoms with E-state index in [-0.39, 0.29) is 0 Å². The summed E-state index contributed by atoms with van der Waals surface area (Å²) in [5.41, 5.74) is 0. The van der Waals surface area contributed by atoms with Crippen LogP contribution in [-0.2, 0) is 4.79 Å². The van der Waals surface area contributed by atoms with E-state index in [0.29, 0.717) is 0 Å². The highest BCUT2D eigenvalue weighted by Gasteiger charge is 2.29. The molecule has 0 aromatic carbocycles. The SMILES string of the molecule is CC(C)(Sc1nccc2sccc12)C(=O)O. The lowest BCUT2D eigenvalue weighted by Crippen LogP contribution is -2.27. The highest BCUT2D eigenvalue weighted by Crippen LogP contribution is 2.36. The van der Waals surface area contributed by atoms with Crippen LogP contribution in [0.3, 0.4) is 0 Å². The van der Waals surface area contributed by atoms with Crippen LogP contribution in [-0.4, -0.2) is 20.8 Å². The summed E-state index contributed by atoms with van der Waals surface area (Å²) in [4.78, 5) is 15.3. The Bertz CT molecular complexity index is 534. The zero-order chi connectivity index (χ0) is 11.8. The lowest BCUT2D eigenvalue weighted by Gasteiger charge is -2.17. The number of thiophene rings is 1. The van der Waals surface area contributed by atoms with Gasteiger partial charge in [0, 0.05) is 16.3 Å². The van der Waals surface area contributed by atoms with E-state index in [9.17, 15) is 4.79 Å². The lowest BCUT2D eigenvalue weighted by molar-refractivity contribution is -0.138. The Morgan fingerprint density at radius 2 is 2.25 bits per heavy atom. The van der Waals surface area contributed by atoms with Crippen molar-refractivity contribution in [1.82, 2.24) is 4.98 Å². The molecule has 0 aliphatic heterocycles. The van der Waals surface area contributed by atoms with Crippen molar-refractivity contribution in [3.8, 4) is 0 Å². The van der Waals surface area contributed by atoms with E-state index < -0.39 is 10.7 Å². The van der Waals surface area contributed by atoms with Gasteiger partial charge in [-0.25, -0.2) is 4.98 Å². The highest BCUT2D eigenvalue weighted by molar-refractivity contribution is 8.01. The molecule has 0 amide bonds. The summed E-state index contributed by atoms with van der Waals surface area (Å²) >= 11 is 2.92. The van der Waals surface area contributed by atoms with Gasteiger partial charge in [0.15, 0.2) is 0 Å². The molecule has 0 atom stereocenters. The highest BCUT2D eigenvalue weighted by atomic mass is 32.2. The van der Waals surface area contributed by atoms with Gasteiger partial charge in [-0.2, -0.15) is 0 Å². The number of pyridine rings is 1. The van der Waals surface area contributed by atoms with E-state index in [4.69, 9.17) is 5.11 Å². The fourth-order valence-corrected chi connectivity index (χ4v) is 3.05. The molecule has 2 heterocycles. The number of hydrogen-bond donors (Lipinski definition) is 1. The lowest BCUT2D eigenvalue weighted by atomic mass is 10.2. The Morgan fingerprint density at radius 3 is 2.94 bits per heavy atom. The zero-order valence-electron chi connectivity index (χ0n) is 8.93. The Morgan fingerprint density at radius 1 is 1.50 bits per heavy atom. The molecule has 5 heteroatoms. The van der Waals surface area contributed by atoms with Gasteiger partial charge in [0.25, 0.3) is 0 Å². The van der Waals surface area contributed by atoms with Crippen LogP contribution in [0.15, 0.2) is 28.7 Å². The van der Waals surface area contributed by atoms with Crippen LogP contribution in [0.5, 0.6) is 0 Å². The Labute approximate surface area is 102 Å². The number of thioether (sulfide) groups is 1. The maximum atomic E-state index is 11.1. The molecule has 0 saturated carbocycles. The summed E-state index contributed by atoms with van der Waals surface area (Å²) < 4.78 is 0.280. The van der Waals surface area contributed by atoms with Gasteiger partial charge < -0.3 is 5.11 Å². The van der Waals surface area contributed by atoms with Crippen molar-refractivity contribution in [2.24, 2.45) is 0 Å². The third-order valence-corrected chi connectivity index (χ3v) is 4.30. The zero-order valence-corrected chi connectivity index (χ0v) is 10.6. The Hall–Kier alpha value is -1.07. The molecule has 84 valence electrons. The van der Waals surface area contributed by atoms with E-state index in [1.807, 2.05) is 17.5 Å². The van der Waals surface area contributed by atoms with Gasteiger partial charge in [0.05, 0.1) is 0 Å². The van der Waals surface area contributed by atoms with Crippen LogP contribution < -0.4 is 0 Å². The van der Waals surface area contributed by atoms with Crippen LogP contribution in [0, 0.1) is 0 Å². The quantitative estimate of drug-likeness (QED) is 0.853. The second kappa shape index (κ2) is 4.07. The summed E-state index contributed by atoms with van der Waals surface area (Å²) in [7, 11) is 0. The topological polar surface area (TPSA) is 50.2 Å². The predicted octanol–water partition coefficient (Wildman–Crippen LogP) is 3.25. The minimum absolute atomic E-state index is 0.783. The van der Waals surface area contributed by atoms with Crippen molar-refractivity contribution in [1.29, 1.82) is 0 Å². The molecule has 0 aliphatic carbocycles. The van der Waals surface area contributed by atoms with Gasteiger partial charge in [-0.05, 0) is 31.4 Å². The van der Waals surface area contributed by atoms with Crippen LogP contribution in [0.4, 0.5) is 0 Å². The molecule has 0 spiro atoms. The molecular formula is C11H11NO2S2. The number of nitrogens with zero attached hydrogens (tertiary/aromatic N) is 1. The van der Waals surface area contributed by atoms with E-state index >= 15 is 0 Å². The molecule has 2 aromatic heterocycles. The Kier molecular flexibility index (Phi) is 2.90. The predicted molar refractivity (Wildman–Crippen MR) is 67.2 cm³/mol. The largest absolute Gasteiger partial charge is 0.480 e. The second-order valence-electron chi connectivity index (χ2n) is 3.87. The molecule has 1 N–H and O–H groups in total. The van der Waals surface area contributed by atoms with Crippen LogP contribution in [0.25, 0.3) is 10.1 Å². The first-order chi connectivity index (χ1) is 7.50. The number of aromatic nitrogens is 1. The number of carboxylic acid groups (broad SMARTS) is 1. The third kappa shape index (κ3) is 2.05. The first kappa shape index (κ1) is 11.4. The van der Waals surface area contributed by atoms with Crippen molar-refractivity contribution in [3.63, 3.8) is 0 Å². The van der Waals surface area contributed by atoms with Crippen LogP contribution in [0.2, 0.25) is 0 Å². The second-order valence-corrected chi connectivity index (χ2v) is 6.43. The summed E-state index contributed by atoms with van der Waals surface area (Å²) in [6.07, 6.45) is 1.72. The number of fused-ring (bicyclic) bond motifs is 1. The average molecular weight is 253 g/mol. The van der Waals surface area contributed by atoms with Crippen molar-refractivity contribution in [2.45, 2.75) is 23.6 Å². The molecule has 2 rings (SSSR count). The summed E-state index contributed by atoms with van der Waals surface area (Å²) in [6.45, 7) is 3.37. The summed E-state index contributed by atoms with van der Waals surface area (Å²) in [6, 6.07) is 3.92. The van der Waals surface area contributed by atoms with Crippen molar-refractivity contribution < 1.29 is 9.90 Å². The average Bonchev–Trinajstić information content (AvgIpc) is 2.65. The van der Waals surface area contributed by atoms with Crippen molar-refractivity contribution >= 4 is 39.2 Å². The third-order valence-electron chi connectivity index (χ3n) is 2.21. The minimum atomic E-state index is -0.858. The standard InChI is InChI=1S/C11H11NO2S2/c1-11(2,10(13)14)16-9-7-4-6-15-8(7)3-5-12-9/h3-6H,1-2H3,(H,13,14). The molecule has 0 fully saturated rings. The van der Waals surface area contributed by atoms with Crippen LogP contribution in [0.1, 0.15) is 13.8 Å².